The second kappa shape index (κ2) is 6.69. The molecule has 1 aromatic rings. The third-order valence-corrected chi connectivity index (χ3v) is 4.63. The van der Waals surface area contributed by atoms with Crippen molar-refractivity contribution in [3.8, 4) is 11.5 Å². The lowest BCUT2D eigenvalue weighted by molar-refractivity contribution is -0.0589. The van der Waals surface area contributed by atoms with Crippen LogP contribution in [0.3, 0.4) is 0 Å². The summed E-state index contributed by atoms with van der Waals surface area (Å²) in [5.74, 6) is 2.43. The zero-order valence-corrected chi connectivity index (χ0v) is 13.7. The molecule has 1 N–H and O–H groups in total. The van der Waals surface area contributed by atoms with Crippen LogP contribution in [-0.4, -0.2) is 18.3 Å². The van der Waals surface area contributed by atoms with E-state index in [4.69, 9.17) is 9.47 Å². The Balaban J connectivity index is 2.32. The topological polar surface area (TPSA) is 38.7 Å². The van der Waals surface area contributed by atoms with Gasteiger partial charge >= 0.3 is 0 Å². The van der Waals surface area contributed by atoms with Gasteiger partial charge in [-0.25, -0.2) is 0 Å². The molecule has 0 aromatic heterocycles. The minimum Gasteiger partial charge on any atom is -0.490 e. The minimum absolute atomic E-state index is 0.258. The molecule has 21 heavy (non-hydrogen) atoms. The third kappa shape index (κ3) is 3.34. The van der Waals surface area contributed by atoms with E-state index in [0.29, 0.717) is 19.1 Å². The van der Waals surface area contributed by atoms with Crippen LogP contribution in [0, 0.1) is 11.8 Å². The summed E-state index contributed by atoms with van der Waals surface area (Å²) in [6.07, 6.45) is 2.95. The average Bonchev–Trinajstić information content (AvgIpc) is 2.46. The fraction of sp³-hybridized carbons (Fsp3) is 0.667. The van der Waals surface area contributed by atoms with Crippen LogP contribution < -0.4 is 9.47 Å². The molecule has 118 valence electrons. The molecule has 0 bridgehead atoms. The molecule has 1 saturated carbocycles. The van der Waals surface area contributed by atoms with E-state index in [-0.39, 0.29) is 5.92 Å². The Bertz CT molecular complexity index is 472. The van der Waals surface area contributed by atoms with Gasteiger partial charge in [-0.2, -0.15) is 0 Å². The van der Waals surface area contributed by atoms with Crippen molar-refractivity contribution in [3.05, 3.63) is 23.8 Å². The van der Waals surface area contributed by atoms with Crippen molar-refractivity contribution in [2.45, 2.75) is 52.6 Å². The number of rotatable bonds is 5. The van der Waals surface area contributed by atoms with Crippen molar-refractivity contribution >= 4 is 0 Å². The highest BCUT2D eigenvalue weighted by Crippen LogP contribution is 2.45. The summed E-state index contributed by atoms with van der Waals surface area (Å²) in [5, 5.41) is 11.1. The smallest absolute Gasteiger partial charge is 0.161 e. The van der Waals surface area contributed by atoms with Gasteiger partial charge in [-0.1, -0.05) is 19.9 Å². The molecule has 3 atom stereocenters. The van der Waals surface area contributed by atoms with Crippen LogP contribution in [0.15, 0.2) is 18.2 Å². The summed E-state index contributed by atoms with van der Waals surface area (Å²) in [6.45, 7) is 9.53. The van der Waals surface area contributed by atoms with Crippen LogP contribution in [0.1, 0.15) is 52.5 Å². The Morgan fingerprint density at radius 3 is 2.43 bits per heavy atom. The molecule has 0 amide bonds. The molecule has 1 aromatic carbocycles. The molecule has 1 aliphatic carbocycles. The largest absolute Gasteiger partial charge is 0.490 e. The summed E-state index contributed by atoms with van der Waals surface area (Å²) in [6, 6.07) is 5.87. The molecule has 2 rings (SSSR count). The van der Waals surface area contributed by atoms with Crippen LogP contribution in [0.5, 0.6) is 11.5 Å². The maximum absolute atomic E-state index is 11.1. The van der Waals surface area contributed by atoms with Crippen molar-refractivity contribution in [2.24, 2.45) is 11.8 Å². The van der Waals surface area contributed by atoms with E-state index in [9.17, 15) is 5.11 Å². The first kappa shape index (κ1) is 16.2. The van der Waals surface area contributed by atoms with Gasteiger partial charge in [0.05, 0.1) is 18.8 Å². The van der Waals surface area contributed by atoms with Gasteiger partial charge in [0.2, 0.25) is 0 Å². The third-order valence-electron chi connectivity index (χ3n) is 4.63. The predicted octanol–water partition coefficient (Wildman–Crippen LogP) is 4.13. The van der Waals surface area contributed by atoms with Crippen LogP contribution in [0.4, 0.5) is 0 Å². The van der Waals surface area contributed by atoms with Crippen molar-refractivity contribution in [3.63, 3.8) is 0 Å². The Labute approximate surface area is 128 Å². The van der Waals surface area contributed by atoms with Gasteiger partial charge in [-0.15, -0.1) is 0 Å². The Morgan fingerprint density at radius 2 is 1.81 bits per heavy atom. The first-order chi connectivity index (χ1) is 10.0. The molecule has 0 spiro atoms. The molecule has 3 unspecified atom stereocenters. The van der Waals surface area contributed by atoms with E-state index >= 15 is 0 Å². The normalized spacial score (nSPS) is 29.2. The summed E-state index contributed by atoms with van der Waals surface area (Å²) in [7, 11) is 0. The molecular formula is C18H28O3. The van der Waals surface area contributed by atoms with Gasteiger partial charge in [0, 0.05) is 0 Å². The van der Waals surface area contributed by atoms with Crippen molar-refractivity contribution < 1.29 is 14.6 Å². The zero-order valence-electron chi connectivity index (χ0n) is 13.7. The fourth-order valence-corrected chi connectivity index (χ4v) is 3.38. The van der Waals surface area contributed by atoms with Crippen molar-refractivity contribution in [2.75, 3.05) is 13.2 Å². The highest BCUT2D eigenvalue weighted by Gasteiger charge is 2.40. The Hall–Kier alpha value is -1.22. The molecule has 1 fully saturated rings. The summed E-state index contributed by atoms with van der Waals surface area (Å²) >= 11 is 0. The summed E-state index contributed by atoms with van der Waals surface area (Å²) < 4.78 is 11.3. The lowest BCUT2D eigenvalue weighted by Gasteiger charge is -2.41. The summed E-state index contributed by atoms with van der Waals surface area (Å²) in [5.41, 5.74) is 0.206. The standard InChI is InChI=1S/C18H28O3/c1-5-20-16-8-7-15(12-17(16)21-6-2)18(19)10-9-13(3)11-14(18)4/h7-8,12-14,19H,5-6,9-11H2,1-4H3. The van der Waals surface area contributed by atoms with Crippen molar-refractivity contribution in [1.82, 2.24) is 0 Å². The Morgan fingerprint density at radius 1 is 1.14 bits per heavy atom. The minimum atomic E-state index is -0.747. The molecule has 3 nitrogen and oxygen atoms in total. The van der Waals surface area contributed by atoms with E-state index in [2.05, 4.69) is 13.8 Å². The van der Waals surface area contributed by atoms with Crippen LogP contribution in [0.2, 0.25) is 0 Å². The van der Waals surface area contributed by atoms with Gasteiger partial charge < -0.3 is 14.6 Å². The maximum atomic E-state index is 11.1. The number of aliphatic hydroxyl groups is 1. The molecule has 0 aliphatic heterocycles. The van der Waals surface area contributed by atoms with Crippen LogP contribution >= 0.6 is 0 Å². The molecule has 1 aliphatic rings. The highest BCUT2D eigenvalue weighted by atomic mass is 16.5. The predicted molar refractivity (Wildman–Crippen MR) is 84.9 cm³/mol. The highest BCUT2D eigenvalue weighted by molar-refractivity contribution is 5.45. The molecule has 0 saturated heterocycles. The van der Waals surface area contributed by atoms with E-state index in [1.54, 1.807) is 0 Å². The molecular weight excluding hydrogens is 264 g/mol. The fourth-order valence-electron chi connectivity index (χ4n) is 3.38. The van der Waals surface area contributed by atoms with Gasteiger partial charge in [-0.3, -0.25) is 0 Å². The Kier molecular flexibility index (Phi) is 5.15. The maximum Gasteiger partial charge on any atom is 0.161 e. The first-order valence-corrected chi connectivity index (χ1v) is 8.13. The van der Waals surface area contributed by atoms with E-state index in [1.165, 1.54) is 0 Å². The monoisotopic (exact) mass is 292 g/mol. The number of benzene rings is 1. The zero-order chi connectivity index (χ0) is 15.5. The second-order valence-corrected chi connectivity index (χ2v) is 6.23. The van der Waals surface area contributed by atoms with Gasteiger partial charge in [0.25, 0.3) is 0 Å². The molecule has 3 heteroatoms. The van der Waals surface area contributed by atoms with E-state index in [0.717, 1.165) is 36.3 Å². The first-order valence-electron chi connectivity index (χ1n) is 8.13. The number of hydrogen-bond donors (Lipinski definition) is 1. The van der Waals surface area contributed by atoms with Crippen LogP contribution in [0.25, 0.3) is 0 Å². The average molecular weight is 292 g/mol. The van der Waals surface area contributed by atoms with E-state index in [1.807, 2.05) is 32.0 Å². The van der Waals surface area contributed by atoms with Crippen LogP contribution in [-0.2, 0) is 5.60 Å². The number of hydrogen-bond acceptors (Lipinski definition) is 3. The lowest BCUT2D eigenvalue weighted by atomic mass is 9.69. The number of ether oxygens (including phenoxy) is 2. The van der Waals surface area contributed by atoms with E-state index < -0.39 is 5.60 Å². The van der Waals surface area contributed by atoms with Crippen molar-refractivity contribution in [1.29, 1.82) is 0 Å². The summed E-state index contributed by atoms with van der Waals surface area (Å²) in [4.78, 5) is 0. The van der Waals surface area contributed by atoms with Gasteiger partial charge in [0.1, 0.15) is 0 Å². The SMILES string of the molecule is CCOc1ccc(C2(O)CCC(C)CC2C)cc1OCC. The molecule has 0 radical (unpaired) electrons. The molecule has 0 heterocycles. The lowest BCUT2D eigenvalue weighted by Crippen LogP contribution is -2.38. The van der Waals surface area contributed by atoms with Gasteiger partial charge in [0.15, 0.2) is 11.5 Å². The second-order valence-electron chi connectivity index (χ2n) is 6.23. The van der Waals surface area contributed by atoms with Gasteiger partial charge in [-0.05, 0) is 62.6 Å². The quantitative estimate of drug-likeness (QED) is 0.887.